The van der Waals surface area contributed by atoms with Crippen molar-refractivity contribution in [3.63, 3.8) is 0 Å². The number of aryl methyl sites for hydroxylation is 1. The van der Waals surface area contributed by atoms with Crippen LogP contribution in [0.2, 0.25) is 0 Å². The Labute approximate surface area is 113 Å². The summed E-state index contributed by atoms with van der Waals surface area (Å²) in [6, 6.07) is 3.88. The van der Waals surface area contributed by atoms with E-state index in [1.165, 1.54) is 0 Å². The van der Waals surface area contributed by atoms with Crippen molar-refractivity contribution >= 4 is 5.91 Å². The van der Waals surface area contributed by atoms with Crippen LogP contribution in [0.5, 0.6) is 0 Å². The molecule has 2 N–H and O–H groups in total. The third-order valence-electron chi connectivity index (χ3n) is 3.31. The second-order valence-corrected chi connectivity index (χ2v) is 4.80. The van der Waals surface area contributed by atoms with Gasteiger partial charge in [-0.25, -0.2) is 0 Å². The molecule has 0 atom stereocenters. The van der Waals surface area contributed by atoms with Gasteiger partial charge in [0, 0.05) is 6.20 Å². The second-order valence-electron chi connectivity index (χ2n) is 4.80. The number of nitrogens with one attached hydrogen (secondary N) is 2. The molecule has 0 bridgehead atoms. The first-order valence-electron chi connectivity index (χ1n) is 6.75. The van der Waals surface area contributed by atoms with Gasteiger partial charge in [-0.2, -0.15) is 0 Å². The van der Waals surface area contributed by atoms with Crippen molar-refractivity contribution in [1.29, 1.82) is 0 Å². The van der Waals surface area contributed by atoms with Gasteiger partial charge in [0.15, 0.2) is 0 Å². The molecule has 5 nitrogen and oxygen atoms in total. The standard InChI is InChI=1S/C14H21N3O2/c1-11-3-2-6-16-13(11)9-17-14(18)10-19-12-4-7-15-8-5-12/h2-3,6,12,15H,4-5,7-10H2,1H3,(H,17,18). The van der Waals surface area contributed by atoms with Gasteiger partial charge in [-0.05, 0) is 44.5 Å². The van der Waals surface area contributed by atoms with E-state index >= 15 is 0 Å². The maximum absolute atomic E-state index is 11.7. The van der Waals surface area contributed by atoms with Gasteiger partial charge in [0.2, 0.25) is 5.91 Å². The van der Waals surface area contributed by atoms with E-state index in [1.54, 1.807) is 6.20 Å². The fourth-order valence-electron chi connectivity index (χ4n) is 2.09. The number of pyridine rings is 1. The highest BCUT2D eigenvalue weighted by Crippen LogP contribution is 2.06. The summed E-state index contributed by atoms with van der Waals surface area (Å²) in [5.41, 5.74) is 1.99. The Balaban J connectivity index is 1.68. The molecule has 2 heterocycles. The first-order valence-corrected chi connectivity index (χ1v) is 6.75. The smallest absolute Gasteiger partial charge is 0.246 e. The number of nitrogens with zero attached hydrogens (tertiary/aromatic N) is 1. The summed E-state index contributed by atoms with van der Waals surface area (Å²) in [6.07, 6.45) is 3.91. The van der Waals surface area contributed by atoms with Crippen molar-refractivity contribution in [1.82, 2.24) is 15.6 Å². The molecule has 0 aliphatic carbocycles. The molecule has 104 valence electrons. The topological polar surface area (TPSA) is 63.2 Å². The molecule has 1 aromatic heterocycles. The first kappa shape index (κ1) is 14.0. The van der Waals surface area contributed by atoms with Crippen LogP contribution in [0.1, 0.15) is 24.1 Å². The number of rotatable bonds is 5. The highest BCUT2D eigenvalue weighted by Gasteiger charge is 2.14. The average Bonchev–Trinajstić information content (AvgIpc) is 2.45. The molecule has 1 saturated heterocycles. The molecule has 1 aliphatic rings. The molecule has 0 radical (unpaired) electrons. The quantitative estimate of drug-likeness (QED) is 0.824. The summed E-state index contributed by atoms with van der Waals surface area (Å²) in [5.74, 6) is -0.0800. The summed E-state index contributed by atoms with van der Waals surface area (Å²) < 4.78 is 5.59. The lowest BCUT2D eigenvalue weighted by molar-refractivity contribution is -0.128. The van der Waals surface area contributed by atoms with E-state index in [0.717, 1.165) is 37.2 Å². The van der Waals surface area contributed by atoms with E-state index < -0.39 is 0 Å². The van der Waals surface area contributed by atoms with Crippen LogP contribution in [0.4, 0.5) is 0 Å². The fraction of sp³-hybridized carbons (Fsp3) is 0.571. The van der Waals surface area contributed by atoms with Crippen molar-refractivity contribution in [3.8, 4) is 0 Å². The fourth-order valence-corrected chi connectivity index (χ4v) is 2.09. The lowest BCUT2D eigenvalue weighted by Gasteiger charge is -2.22. The number of piperidine rings is 1. The molecule has 19 heavy (non-hydrogen) atoms. The van der Waals surface area contributed by atoms with Gasteiger partial charge >= 0.3 is 0 Å². The Kier molecular flexibility index (Phi) is 5.30. The van der Waals surface area contributed by atoms with E-state index in [-0.39, 0.29) is 18.6 Å². The highest BCUT2D eigenvalue weighted by molar-refractivity contribution is 5.77. The number of amides is 1. The molecule has 0 saturated carbocycles. The van der Waals surface area contributed by atoms with Gasteiger partial charge in [0.1, 0.15) is 6.61 Å². The van der Waals surface area contributed by atoms with Crippen LogP contribution in [0, 0.1) is 6.92 Å². The van der Waals surface area contributed by atoms with Crippen molar-refractivity contribution in [2.24, 2.45) is 0 Å². The lowest BCUT2D eigenvalue weighted by Crippen LogP contribution is -2.35. The second kappa shape index (κ2) is 7.21. The molecule has 0 spiro atoms. The van der Waals surface area contributed by atoms with Crippen LogP contribution in [-0.2, 0) is 16.1 Å². The van der Waals surface area contributed by atoms with Gasteiger partial charge in [-0.1, -0.05) is 6.07 Å². The molecule has 1 amide bonds. The summed E-state index contributed by atoms with van der Waals surface area (Å²) >= 11 is 0. The third-order valence-corrected chi connectivity index (χ3v) is 3.31. The number of carbonyl (C=O) groups excluding carboxylic acids is 1. The van der Waals surface area contributed by atoms with Gasteiger partial charge in [0.25, 0.3) is 0 Å². The van der Waals surface area contributed by atoms with Crippen molar-refractivity contribution in [2.45, 2.75) is 32.4 Å². The summed E-state index contributed by atoms with van der Waals surface area (Å²) in [7, 11) is 0. The Morgan fingerprint density at radius 3 is 3.05 bits per heavy atom. The van der Waals surface area contributed by atoms with E-state index in [1.807, 2.05) is 19.1 Å². The molecule has 2 rings (SSSR count). The normalized spacial score (nSPS) is 16.3. The summed E-state index contributed by atoms with van der Waals surface area (Å²) in [6.45, 7) is 4.52. The molecule has 1 fully saturated rings. The van der Waals surface area contributed by atoms with E-state index in [2.05, 4.69) is 15.6 Å². The third kappa shape index (κ3) is 4.61. The zero-order valence-corrected chi connectivity index (χ0v) is 11.3. The highest BCUT2D eigenvalue weighted by atomic mass is 16.5. The van der Waals surface area contributed by atoms with Crippen LogP contribution >= 0.6 is 0 Å². The Morgan fingerprint density at radius 2 is 2.32 bits per heavy atom. The van der Waals surface area contributed by atoms with Crippen LogP contribution in [0.25, 0.3) is 0 Å². The largest absolute Gasteiger partial charge is 0.368 e. The van der Waals surface area contributed by atoms with Crippen molar-refractivity contribution < 1.29 is 9.53 Å². The van der Waals surface area contributed by atoms with Gasteiger partial charge in [0.05, 0.1) is 18.3 Å². The minimum absolute atomic E-state index is 0.0800. The van der Waals surface area contributed by atoms with E-state index in [0.29, 0.717) is 6.54 Å². The predicted molar refractivity (Wildman–Crippen MR) is 72.7 cm³/mol. The maximum Gasteiger partial charge on any atom is 0.246 e. The van der Waals surface area contributed by atoms with Crippen molar-refractivity contribution in [2.75, 3.05) is 19.7 Å². The van der Waals surface area contributed by atoms with Gasteiger partial charge in [-0.3, -0.25) is 9.78 Å². The monoisotopic (exact) mass is 263 g/mol. The van der Waals surface area contributed by atoms with Gasteiger partial charge < -0.3 is 15.4 Å². The van der Waals surface area contributed by atoms with E-state index in [9.17, 15) is 4.79 Å². The van der Waals surface area contributed by atoms with Crippen LogP contribution < -0.4 is 10.6 Å². The Bertz CT molecular complexity index is 417. The minimum atomic E-state index is -0.0800. The summed E-state index contributed by atoms with van der Waals surface area (Å²) in [4.78, 5) is 15.9. The Hall–Kier alpha value is -1.46. The van der Waals surface area contributed by atoms with E-state index in [4.69, 9.17) is 4.74 Å². The maximum atomic E-state index is 11.7. The van der Waals surface area contributed by atoms with Crippen LogP contribution in [-0.4, -0.2) is 36.7 Å². The molecule has 1 aromatic rings. The lowest BCUT2D eigenvalue weighted by atomic mass is 10.1. The summed E-state index contributed by atoms with van der Waals surface area (Å²) in [5, 5.41) is 6.10. The van der Waals surface area contributed by atoms with Crippen molar-refractivity contribution in [3.05, 3.63) is 29.6 Å². The number of aromatic nitrogens is 1. The average molecular weight is 263 g/mol. The number of hydrogen-bond donors (Lipinski definition) is 2. The molecule has 1 aliphatic heterocycles. The van der Waals surface area contributed by atoms with Gasteiger partial charge in [-0.15, -0.1) is 0 Å². The molecular weight excluding hydrogens is 242 g/mol. The molecule has 0 unspecified atom stereocenters. The molecular formula is C14H21N3O2. The minimum Gasteiger partial charge on any atom is -0.368 e. The zero-order chi connectivity index (χ0) is 13.5. The Morgan fingerprint density at radius 1 is 1.53 bits per heavy atom. The molecule has 5 heteroatoms. The first-order chi connectivity index (χ1) is 9.25. The SMILES string of the molecule is Cc1cccnc1CNC(=O)COC1CCNCC1. The molecule has 0 aromatic carbocycles. The number of ether oxygens (including phenoxy) is 1. The number of hydrogen-bond acceptors (Lipinski definition) is 4. The zero-order valence-electron chi connectivity index (χ0n) is 11.3. The van der Waals surface area contributed by atoms with Crippen LogP contribution in [0.15, 0.2) is 18.3 Å². The number of carbonyl (C=O) groups is 1. The predicted octanol–water partition coefficient (Wildman–Crippen LogP) is 0.775. The van der Waals surface area contributed by atoms with Crippen LogP contribution in [0.3, 0.4) is 0 Å².